The zero-order valence-electron chi connectivity index (χ0n) is 11.8. The van der Waals surface area contributed by atoms with Crippen molar-refractivity contribution in [3.8, 4) is 0 Å². The third-order valence-electron chi connectivity index (χ3n) is 3.66. The number of halogens is 1. The highest BCUT2D eigenvalue weighted by Gasteiger charge is 2.36. The fourth-order valence-electron chi connectivity index (χ4n) is 2.44. The van der Waals surface area contributed by atoms with Crippen LogP contribution in [0.3, 0.4) is 0 Å². The highest BCUT2D eigenvalue weighted by Crippen LogP contribution is 2.35. The van der Waals surface area contributed by atoms with Crippen LogP contribution in [0.25, 0.3) is 0 Å². The van der Waals surface area contributed by atoms with Crippen LogP contribution in [-0.2, 0) is 28.9 Å². The fourth-order valence-corrected chi connectivity index (χ4v) is 3.14. The van der Waals surface area contributed by atoms with E-state index in [4.69, 9.17) is 4.74 Å². The molecule has 4 nitrogen and oxygen atoms in total. The predicted octanol–water partition coefficient (Wildman–Crippen LogP) is 2.76. The molecule has 106 valence electrons. The smallest absolute Gasteiger partial charge is 0.167 e. The van der Waals surface area contributed by atoms with E-state index in [0.29, 0.717) is 12.3 Å². The Morgan fingerprint density at radius 1 is 1.53 bits per heavy atom. The first kappa shape index (κ1) is 14.7. The van der Waals surface area contributed by atoms with Gasteiger partial charge in [0.1, 0.15) is 6.10 Å². The second-order valence-electron chi connectivity index (χ2n) is 5.01. The Morgan fingerprint density at radius 2 is 2.21 bits per heavy atom. The minimum absolute atomic E-state index is 0.169. The van der Waals surface area contributed by atoms with Gasteiger partial charge in [0.2, 0.25) is 0 Å². The van der Waals surface area contributed by atoms with E-state index >= 15 is 0 Å². The van der Waals surface area contributed by atoms with Gasteiger partial charge >= 0.3 is 0 Å². The number of carbonyl (C=O) groups is 1. The standard InChI is InChI=1S/C14H21BrN2O2/c1-4-10-13(15)11(17(5-2)16-10)8-12(18)14(19-3)9-6-7-9/h9,14H,4-8H2,1-3H3. The van der Waals surface area contributed by atoms with Crippen molar-refractivity contribution in [2.45, 2.75) is 52.2 Å². The zero-order valence-corrected chi connectivity index (χ0v) is 13.4. The molecule has 0 amide bonds. The summed E-state index contributed by atoms with van der Waals surface area (Å²) in [6.45, 7) is 4.89. The largest absolute Gasteiger partial charge is 0.373 e. The summed E-state index contributed by atoms with van der Waals surface area (Å²) >= 11 is 3.58. The molecule has 1 fully saturated rings. The SMILES string of the molecule is CCc1nn(CC)c(CC(=O)C(OC)C2CC2)c1Br. The van der Waals surface area contributed by atoms with Crippen LogP contribution in [0, 0.1) is 5.92 Å². The monoisotopic (exact) mass is 328 g/mol. The lowest BCUT2D eigenvalue weighted by Gasteiger charge is -2.13. The van der Waals surface area contributed by atoms with Crippen LogP contribution in [0.1, 0.15) is 38.1 Å². The number of rotatable bonds is 7. The molecule has 1 aromatic heterocycles. The van der Waals surface area contributed by atoms with Crippen LogP contribution in [0.15, 0.2) is 4.47 Å². The molecule has 0 radical (unpaired) electrons. The summed E-state index contributed by atoms with van der Waals surface area (Å²) in [5, 5.41) is 4.52. The molecule has 1 saturated carbocycles. The average molecular weight is 329 g/mol. The van der Waals surface area contributed by atoms with Gasteiger partial charge < -0.3 is 4.74 Å². The quantitative estimate of drug-likeness (QED) is 0.773. The number of hydrogen-bond donors (Lipinski definition) is 0. The highest BCUT2D eigenvalue weighted by molar-refractivity contribution is 9.10. The molecule has 1 aliphatic carbocycles. The van der Waals surface area contributed by atoms with Crippen LogP contribution in [0.4, 0.5) is 0 Å². The first-order chi connectivity index (χ1) is 9.12. The van der Waals surface area contributed by atoms with Crippen LogP contribution in [0.5, 0.6) is 0 Å². The number of ketones is 1. The van der Waals surface area contributed by atoms with E-state index in [1.165, 1.54) is 0 Å². The molecule has 0 saturated heterocycles. The molecular weight excluding hydrogens is 308 g/mol. The molecule has 0 bridgehead atoms. The molecule has 1 aliphatic rings. The van der Waals surface area contributed by atoms with Gasteiger partial charge in [0, 0.05) is 13.7 Å². The van der Waals surface area contributed by atoms with E-state index in [0.717, 1.165) is 41.7 Å². The van der Waals surface area contributed by atoms with E-state index < -0.39 is 0 Å². The van der Waals surface area contributed by atoms with Crippen molar-refractivity contribution >= 4 is 21.7 Å². The van der Waals surface area contributed by atoms with Gasteiger partial charge in [-0.05, 0) is 48.0 Å². The molecule has 19 heavy (non-hydrogen) atoms. The number of carbonyl (C=O) groups excluding carboxylic acids is 1. The third kappa shape index (κ3) is 3.08. The summed E-state index contributed by atoms with van der Waals surface area (Å²) in [6.07, 6.45) is 3.25. The van der Waals surface area contributed by atoms with Gasteiger partial charge in [-0.25, -0.2) is 0 Å². The van der Waals surface area contributed by atoms with Gasteiger partial charge in [-0.3, -0.25) is 9.48 Å². The van der Waals surface area contributed by atoms with Crippen molar-refractivity contribution in [1.82, 2.24) is 9.78 Å². The van der Waals surface area contributed by atoms with Gasteiger partial charge in [0.05, 0.1) is 22.3 Å². The first-order valence-electron chi connectivity index (χ1n) is 6.91. The topological polar surface area (TPSA) is 44.1 Å². The predicted molar refractivity (Wildman–Crippen MR) is 77.2 cm³/mol. The van der Waals surface area contributed by atoms with E-state index in [9.17, 15) is 4.79 Å². The van der Waals surface area contributed by atoms with Crippen molar-refractivity contribution in [2.75, 3.05) is 7.11 Å². The van der Waals surface area contributed by atoms with Gasteiger partial charge in [0.15, 0.2) is 5.78 Å². The second kappa shape index (κ2) is 6.18. The second-order valence-corrected chi connectivity index (χ2v) is 5.81. The summed E-state index contributed by atoms with van der Waals surface area (Å²) in [6, 6.07) is 0. The summed E-state index contributed by atoms with van der Waals surface area (Å²) in [5.74, 6) is 0.600. The Kier molecular flexibility index (Phi) is 4.79. The number of aromatic nitrogens is 2. The minimum atomic E-state index is -0.239. The van der Waals surface area contributed by atoms with E-state index in [1.807, 2.05) is 11.6 Å². The normalized spacial score (nSPS) is 16.6. The molecule has 5 heteroatoms. The number of Topliss-reactive ketones (excluding diaryl/α,β-unsaturated/α-hetero) is 1. The Balaban J connectivity index is 2.17. The number of ether oxygens (including phenoxy) is 1. The van der Waals surface area contributed by atoms with E-state index in [1.54, 1.807) is 7.11 Å². The number of hydrogen-bond acceptors (Lipinski definition) is 3. The van der Waals surface area contributed by atoms with Crippen LogP contribution >= 0.6 is 15.9 Å². The summed E-state index contributed by atoms with van der Waals surface area (Å²) in [4.78, 5) is 12.4. The number of methoxy groups -OCH3 is 1. The molecule has 1 aromatic rings. The first-order valence-corrected chi connectivity index (χ1v) is 7.71. The minimum Gasteiger partial charge on any atom is -0.373 e. The van der Waals surface area contributed by atoms with Crippen molar-refractivity contribution in [1.29, 1.82) is 0 Å². The molecule has 0 spiro atoms. The molecule has 1 heterocycles. The summed E-state index contributed by atoms with van der Waals surface area (Å²) in [7, 11) is 1.63. The Morgan fingerprint density at radius 3 is 2.68 bits per heavy atom. The molecule has 0 aliphatic heterocycles. The van der Waals surface area contributed by atoms with Crippen LogP contribution < -0.4 is 0 Å². The molecule has 0 aromatic carbocycles. The van der Waals surface area contributed by atoms with E-state index in [-0.39, 0.29) is 11.9 Å². The maximum absolute atomic E-state index is 12.4. The van der Waals surface area contributed by atoms with Crippen LogP contribution in [-0.4, -0.2) is 28.8 Å². The molecule has 1 unspecified atom stereocenters. The lowest BCUT2D eigenvalue weighted by Crippen LogP contribution is -2.27. The molecule has 0 N–H and O–H groups in total. The van der Waals surface area contributed by atoms with Crippen molar-refractivity contribution in [3.05, 3.63) is 15.9 Å². The Hall–Kier alpha value is -0.680. The van der Waals surface area contributed by atoms with Crippen molar-refractivity contribution in [2.24, 2.45) is 5.92 Å². The van der Waals surface area contributed by atoms with E-state index in [2.05, 4.69) is 28.0 Å². The maximum Gasteiger partial charge on any atom is 0.167 e. The van der Waals surface area contributed by atoms with Crippen molar-refractivity contribution in [3.63, 3.8) is 0 Å². The zero-order chi connectivity index (χ0) is 14.0. The average Bonchev–Trinajstić information content (AvgIpc) is 3.18. The Bertz CT molecular complexity index is 466. The van der Waals surface area contributed by atoms with Gasteiger partial charge in [-0.2, -0.15) is 5.10 Å². The van der Waals surface area contributed by atoms with Crippen molar-refractivity contribution < 1.29 is 9.53 Å². The number of aryl methyl sites for hydroxylation is 2. The van der Waals surface area contributed by atoms with Crippen LogP contribution in [0.2, 0.25) is 0 Å². The fraction of sp³-hybridized carbons (Fsp3) is 0.714. The van der Waals surface area contributed by atoms with Gasteiger partial charge in [-0.15, -0.1) is 0 Å². The molecule has 2 rings (SSSR count). The third-order valence-corrected chi connectivity index (χ3v) is 4.57. The lowest BCUT2D eigenvalue weighted by atomic mass is 10.1. The Labute approximate surface area is 122 Å². The molecular formula is C14H21BrN2O2. The summed E-state index contributed by atoms with van der Waals surface area (Å²) in [5.41, 5.74) is 2.00. The number of nitrogens with zero attached hydrogens (tertiary/aromatic N) is 2. The lowest BCUT2D eigenvalue weighted by molar-refractivity contribution is -0.129. The highest BCUT2D eigenvalue weighted by atomic mass is 79.9. The van der Waals surface area contributed by atoms with Gasteiger partial charge in [-0.1, -0.05) is 6.92 Å². The summed E-state index contributed by atoms with van der Waals surface area (Å²) < 4.78 is 8.26. The van der Waals surface area contributed by atoms with Gasteiger partial charge in [0.25, 0.3) is 0 Å². The maximum atomic E-state index is 12.4. The molecule has 1 atom stereocenters.